The van der Waals surface area contributed by atoms with Crippen molar-refractivity contribution in [2.24, 2.45) is 5.73 Å². The molecule has 1 amide bonds. The van der Waals surface area contributed by atoms with Crippen molar-refractivity contribution in [2.75, 3.05) is 7.11 Å². The summed E-state index contributed by atoms with van der Waals surface area (Å²) in [6.07, 6.45) is 0. The number of halogens is 1. The first-order valence-corrected chi connectivity index (χ1v) is 5.20. The molecule has 1 aromatic heterocycles. The summed E-state index contributed by atoms with van der Waals surface area (Å²) in [7, 11) is 1.42. The maximum atomic E-state index is 11.1. The number of hydrogen-bond acceptors (Lipinski definition) is 5. The smallest absolute Gasteiger partial charge is 0.271 e. The zero-order valence-corrected chi connectivity index (χ0v) is 10.0. The summed E-state index contributed by atoms with van der Waals surface area (Å²) in [5.74, 6) is -0.709. The average Bonchev–Trinajstić information content (AvgIpc) is 2.81. The Morgan fingerprint density at radius 3 is 2.83 bits per heavy atom. The summed E-state index contributed by atoms with van der Waals surface area (Å²) in [5, 5.41) is 19.6. The molecule has 0 spiro atoms. The number of phenolic OH excluding ortho intramolecular Hbond substituents is 1. The zero-order chi connectivity index (χ0) is 13.3. The van der Waals surface area contributed by atoms with Gasteiger partial charge >= 0.3 is 0 Å². The molecule has 0 saturated heterocycles. The lowest BCUT2D eigenvalue weighted by Crippen LogP contribution is -2.12. The largest absolute Gasteiger partial charge is 0.506 e. The number of aromatic hydroxyl groups is 1. The molecule has 2 rings (SSSR count). The van der Waals surface area contributed by atoms with Crippen molar-refractivity contribution in [2.45, 2.75) is 0 Å². The van der Waals surface area contributed by atoms with Crippen LogP contribution in [0.4, 0.5) is 0 Å². The van der Waals surface area contributed by atoms with Crippen molar-refractivity contribution in [1.82, 2.24) is 15.4 Å². The fourth-order valence-corrected chi connectivity index (χ4v) is 1.73. The van der Waals surface area contributed by atoms with Crippen LogP contribution in [-0.4, -0.2) is 33.5 Å². The number of H-pyrrole nitrogens is 1. The van der Waals surface area contributed by atoms with Gasteiger partial charge in [-0.1, -0.05) is 11.6 Å². The van der Waals surface area contributed by atoms with E-state index in [9.17, 15) is 9.90 Å². The SMILES string of the molecule is COc1ccc(-c2n[nH]nc2C(N)=O)c(O)c1Cl. The van der Waals surface area contributed by atoms with E-state index in [2.05, 4.69) is 15.4 Å². The molecule has 18 heavy (non-hydrogen) atoms. The van der Waals surface area contributed by atoms with Crippen LogP contribution in [0.5, 0.6) is 11.5 Å². The number of aromatic nitrogens is 3. The van der Waals surface area contributed by atoms with Crippen LogP contribution >= 0.6 is 11.6 Å². The number of ether oxygens (including phenoxy) is 1. The van der Waals surface area contributed by atoms with E-state index in [0.29, 0.717) is 5.75 Å². The molecule has 0 bridgehead atoms. The second-order valence-corrected chi connectivity index (χ2v) is 3.74. The molecule has 0 saturated carbocycles. The van der Waals surface area contributed by atoms with Crippen molar-refractivity contribution in [1.29, 1.82) is 0 Å². The van der Waals surface area contributed by atoms with Gasteiger partial charge in [0.1, 0.15) is 22.2 Å². The summed E-state index contributed by atoms with van der Waals surface area (Å²) >= 11 is 5.90. The summed E-state index contributed by atoms with van der Waals surface area (Å²) in [4.78, 5) is 11.1. The highest BCUT2D eigenvalue weighted by molar-refractivity contribution is 6.34. The van der Waals surface area contributed by atoms with Gasteiger partial charge in [-0.2, -0.15) is 15.4 Å². The number of phenols is 1. The number of nitrogens with one attached hydrogen (secondary N) is 1. The number of aromatic amines is 1. The van der Waals surface area contributed by atoms with E-state index in [4.69, 9.17) is 22.1 Å². The van der Waals surface area contributed by atoms with Crippen molar-refractivity contribution < 1.29 is 14.6 Å². The quantitative estimate of drug-likeness (QED) is 0.766. The van der Waals surface area contributed by atoms with Crippen molar-refractivity contribution >= 4 is 17.5 Å². The molecule has 7 nitrogen and oxygen atoms in total. The van der Waals surface area contributed by atoms with Crippen molar-refractivity contribution in [3.63, 3.8) is 0 Å². The third kappa shape index (κ3) is 1.84. The Kier molecular flexibility index (Phi) is 3.07. The molecule has 4 N–H and O–H groups in total. The van der Waals surface area contributed by atoms with Crippen molar-refractivity contribution in [3.8, 4) is 22.8 Å². The van der Waals surface area contributed by atoms with Gasteiger partial charge in [0.05, 0.1) is 7.11 Å². The second-order valence-electron chi connectivity index (χ2n) is 3.36. The number of methoxy groups -OCH3 is 1. The summed E-state index contributed by atoms with van der Waals surface area (Å²) in [5.41, 5.74) is 5.43. The van der Waals surface area contributed by atoms with Crippen LogP contribution in [0.15, 0.2) is 12.1 Å². The van der Waals surface area contributed by atoms with Crippen LogP contribution in [0.1, 0.15) is 10.5 Å². The molecule has 1 heterocycles. The van der Waals surface area contributed by atoms with Gasteiger partial charge in [0, 0.05) is 5.56 Å². The van der Waals surface area contributed by atoms with Crippen molar-refractivity contribution in [3.05, 3.63) is 22.8 Å². The maximum absolute atomic E-state index is 11.1. The van der Waals surface area contributed by atoms with E-state index in [-0.39, 0.29) is 27.7 Å². The van der Waals surface area contributed by atoms with E-state index in [1.54, 1.807) is 0 Å². The predicted octanol–water partition coefficient (Wildman–Crippen LogP) is 0.938. The minimum Gasteiger partial charge on any atom is -0.506 e. The van der Waals surface area contributed by atoms with Gasteiger partial charge < -0.3 is 15.6 Å². The Morgan fingerprint density at radius 2 is 2.22 bits per heavy atom. The van der Waals surface area contributed by atoms with Gasteiger partial charge in [0.15, 0.2) is 5.69 Å². The molecule has 0 atom stereocenters. The molecular formula is C10H9ClN4O3. The molecule has 1 aromatic carbocycles. The van der Waals surface area contributed by atoms with Gasteiger partial charge in [0.25, 0.3) is 5.91 Å². The number of hydrogen-bond donors (Lipinski definition) is 3. The molecule has 8 heteroatoms. The first-order valence-electron chi connectivity index (χ1n) is 4.82. The molecule has 0 fully saturated rings. The number of primary amides is 1. The van der Waals surface area contributed by atoms with E-state index in [1.807, 2.05) is 0 Å². The Morgan fingerprint density at radius 1 is 1.50 bits per heavy atom. The Balaban J connectivity index is 2.62. The normalized spacial score (nSPS) is 10.3. The standard InChI is InChI=1S/C10H9ClN4O3/c1-18-5-3-2-4(9(16)6(5)11)7-8(10(12)17)14-15-13-7/h2-3,16H,1H3,(H2,12,17)(H,13,14,15). The Labute approximate surface area is 107 Å². The number of benzene rings is 1. The molecule has 0 aliphatic heterocycles. The van der Waals surface area contributed by atoms with E-state index in [1.165, 1.54) is 19.2 Å². The highest BCUT2D eigenvalue weighted by atomic mass is 35.5. The van der Waals surface area contributed by atoms with Gasteiger partial charge in [-0.25, -0.2) is 0 Å². The fourth-order valence-electron chi connectivity index (χ4n) is 1.49. The first-order chi connectivity index (χ1) is 8.56. The summed E-state index contributed by atoms with van der Waals surface area (Å²) in [6, 6.07) is 3.04. The van der Waals surface area contributed by atoms with Gasteiger partial charge in [-0.15, -0.1) is 0 Å². The number of carbonyl (C=O) groups is 1. The molecule has 2 aromatic rings. The number of nitrogens with zero attached hydrogens (tertiary/aromatic N) is 2. The van der Waals surface area contributed by atoms with Gasteiger partial charge in [-0.05, 0) is 12.1 Å². The third-order valence-corrected chi connectivity index (χ3v) is 2.70. The Bertz CT molecular complexity index is 611. The minimum atomic E-state index is -0.759. The number of amides is 1. The second kappa shape index (κ2) is 4.53. The van der Waals surface area contributed by atoms with Crippen LogP contribution < -0.4 is 10.5 Å². The van der Waals surface area contributed by atoms with E-state index < -0.39 is 5.91 Å². The highest BCUT2D eigenvalue weighted by Gasteiger charge is 2.20. The molecule has 0 radical (unpaired) electrons. The monoisotopic (exact) mass is 268 g/mol. The molecule has 0 aliphatic carbocycles. The minimum absolute atomic E-state index is 0.0217. The van der Waals surface area contributed by atoms with Crippen LogP contribution in [-0.2, 0) is 0 Å². The third-order valence-electron chi connectivity index (χ3n) is 2.34. The van der Waals surface area contributed by atoms with Crippen LogP contribution in [0.2, 0.25) is 5.02 Å². The molecule has 0 aliphatic rings. The maximum Gasteiger partial charge on any atom is 0.271 e. The van der Waals surface area contributed by atoms with Gasteiger partial charge in [0.2, 0.25) is 0 Å². The van der Waals surface area contributed by atoms with Gasteiger partial charge in [-0.3, -0.25) is 4.79 Å². The zero-order valence-electron chi connectivity index (χ0n) is 9.27. The summed E-state index contributed by atoms with van der Waals surface area (Å²) in [6.45, 7) is 0. The molecule has 94 valence electrons. The van der Waals surface area contributed by atoms with Crippen LogP contribution in [0, 0.1) is 0 Å². The van der Waals surface area contributed by atoms with Crippen LogP contribution in [0.25, 0.3) is 11.3 Å². The van der Waals surface area contributed by atoms with E-state index >= 15 is 0 Å². The number of rotatable bonds is 3. The lowest BCUT2D eigenvalue weighted by Gasteiger charge is -2.08. The first kappa shape index (κ1) is 12.2. The van der Waals surface area contributed by atoms with E-state index in [0.717, 1.165) is 0 Å². The Hall–Kier alpha value is -2.28. The fraction of sp³-hybridized carbons (Fsp3) is 0.100. The lowest BCUT2D eigenvalue weighted by molar-refractivity contribution is 0.0996. The molecule has 0 unspecified atom stereocenters. The highest BCUT2D eigenvalue weighted by Crippen LogP contribution is 2.40. The topological polar surface area (TPSA) is 114 Å². The lowest BCUT2D eigenvalue weighted by atomic mass is 10.1. The average molecular weight is 269 g/mol. The molecular weight excluding hydrogens is 260 g/mol. The number of nitrogens with two attached hydrogens (primary N) is 1. The predicted molar refractivity (Wildman–Crippen MR) is 63.6 cm³/mol. The van der Waals surface area contributed by atoms with Crippen LogP contribution in [0.3, 0.4) is 0 Å². The summed E-state index contributed by atoms with van der Waals surface area (Å²) < 4.78 is 4.95. The number of carbonyl (C=O) groups excluding carboxylic acids is 1.